The van der Waals surface area contributed by atoms with Crippen LogP contribution in [0.5, 0.6) is 0 Å². The van der Waals surface area contributed by atoms with Crippen molar-refractivity contribution in [1.82, 2.24) is 9.78 Å². The van der Waals surface area contributed by atoms with Crippen LogP contribution in [0.2, 0.25) is 0 Å². The van der Waals surface area contributed by atoms with E-state index in [4.69, 9.17) is 9.84 Å². The molecule has 1 unspecified atom stereocenters. The number of nitrogens with zero attached hydrogens (tertiary/aromatic N) is 3. The lowest BCUT2D eigenvalue weighted by Crippen LogP contribution is -2.20. The van der Waals surface area contributed by atoms with Crippen molar-refractivity contribution in [3.8, 4) is 0 Å². The van der Waals surface area contributed by atoms with Crippen LogP contribution < -0.4 is 10.2 Å². The number of aromatic nitrogens is 2. The van der Waals surface area contributed by atoms with E-state index >= 15 is 0 Å². The molecule has 2 aromatic rings. The molecule has 0 fully saturated rings. The number of aryl methyl sites for hydroxylation is 1. The third-order valence-corrected chi connectivity index (χ3v) is 4.50. The molecule has 2 rings (SSSR count). The molecule has 1 aromatic carbocycles. The fourth-order valence-corrected chi connectivity index (χ4v) is 3.15. The predicted octanol–water partition coefficient (Wildman–Crippen LogP) is 2.75. The van der Waals surface area contributed by atoms with E-state index in [2.05, 4.69) is 55.5 Å². The van der Waals surface area contributed by atoms with Gasteiger partial charge >= 0.3 is 0 Å². The summed E-state index contributed by atoms with van der Waals surface area (Å²) in [4.78, 5) is 2.03. The Hall–Kier alpha value is -2.05. The van der Waals surface area contributed by atoms with Gasteiger partial charge in [-0.1, -0.05) is 0 Å². The van der Waals surface area contributed by atoms with Crippen molar-refractivity contribution in [2.24, 2.45) is 0 Å². The monoisotopic (exact) mass is 346 g/mol. The number of rotatable bonds is 9. The maximum Gasteiger partial charge on any atom is 0.0658 e. The molecule has 25 heavy (non-hydrogen) atoms. The zero-order chi connectivity index (χ0) is 18.4. The first-order valence-electron chi connectivity index (χ1n) is 8.69. The van der Waals surface area contributed by atoms with E-state index in [1.165, 1.54) is 11.3 Å². The Labute approximate surface area is 150 Å². The van der Waals surface area contributed by atoms with Crippen molar-refractivity contribution in [2.45, 2.75) is 33.4 Å². The molecule has 1 heterocycles. The molecule has 138 valence electrons. The van der Waals surface area contributed by atoms with E-state index in [1.807, 2.05) is 16.6 Å². The van der Waals surface area contributed by atoms with Gasteiger partial charge in [-0.15, -0.1) is 0 Å². The zero-order valence-corrected chi connectivity index (χ0v) is 15.9. The molecule has 0 aliphatic rings. The largest absolute Gasteiger partial charge is 0.395 e. The van der Waals surface area contributed by atoms with Crippen molar-refractivity contribution in [3.05, 3.63) is 41.2 Å². The summed E-state index contributed by atoms with van der Waals surface area (Å²) in [5.74, 6) is 0. The number of anilines is 2. The highest BCUT2D eigenvalue weighted by Gasteiger charge is 2.17. The van der Waals surface area contributed by atoms with Gasteiger partial charge in [-0.25, -0.2) is 0 Å². The molecule has 1 atom stereocenters. The van der Waals surface area contributed by atoms with E-state index < -0.39 is 0 Å². The average molecular weight is 346 g/mol. The minimum Gasteiger partial charge on any atom is -0.395 e. The summed E-state index contributed by atoms with van der Waals surface area (Å²) in [6.07, 6.45) is 0. The number of likely N-dealkylation sites (N-methyl/N-ethyl adjacent to an activating group) is 1. The molecule has 0 aliphatic carbocycles. The van der Waals surface area contributed by atoms with Gasteiger partial charge in [0.05, 0.1) is 31.5 Å². The topological polar surface area (TPSA) is 62.5 Å². The van der Waals surface area contributed by atoms with Gasteiger partial charge in [-0.05, 0) is 45.0 Å². The Morgan fingerprint density at radius 2 is 1.96 bits per heavy atom. The minimum absolute atomic E-state index is 0.152. The molecule has 6 nitrogen and oxygen atoms in total. The van der Waals surface area contributed by atoms with E-state index in [-0.39, 0.29) is 12.6 Å². The van der Waals surface area contributed by atoms with Gasteiger partial charge in [0.1, 0.15) is 0 Å². The first-order chi connectivity index (χ1) is 12.0. The molecule has 0 radical (unpaired) electrons. The van der Waals surface area contributed by atoms with Gasteiger partial charge in [0.2, 0.25) is 0 Å². The van der Waals surface area contributed by atoms with Crippen molar-refractivity contribution in [2.75, 3.05) is 44.1 Å². The van der Waals surface area contributed by atoms with Crippen LogP contribution in [0.25, 0.3) is 0 Å². The molecule has 1 aromatic heterocycles. The highest BCUT2D eigenvalue weighted by Crippen LogP contribution is 2.26. The van der Waals surface area contributed by atoms with Gasteiger partial charge in [0, 0.05) is 43.3 Å². The first-order valence-corrected chi connectivity index (χ1v) is 8.69. The minimum atomic E-state index is 0.152. The highest BCUT2D eigenvalue weighted by atomic mass is 16.5. The van der Waals surface area contributed by atoms with Crippen molar-refractivity contribution in [3.63, 3.8) is 0 Å². The number of benzene rings is 1. The lowest BCUT2D eigenvalue weighted by atomic mass is 10.1. The van der Waals surface area contributed by atoms with E-state index in [0.29, 0.717) is 13.2 Å². The Bertz CT molecular complexity index is 667. The number of nitrogens with one attached hydrogen (secondary N) is 1. The van der Waals surface area contributed by atoms with Crippen molar-refractivity contribution < 1.29 is 9.84 Å². The molecule has 0 spiro atoms. The SMILES string of the molecule is COCCn1nc(C)c(C(C)Nc2ccc(N(C)CCO)cc2)c1C. The maximum absolute atomic E-state index is 9.04. The summed E-state index contributed by atoms with van der Waals surface area (Å²) in [7, 11) is 3.68. The average Bonchev–Trinajstić information content (AvgIpc) is 2.87. The Kier molecular flexibility index (Phi) is 6.84. The van der Waals surface area contributed by atoms with Crippen LogP contribution in [0.3, 0.4) is 0 Å². The van der Waals surface area contributed by atoms with E-state index in [1.54, 1.807) is 7.11 Å². The fourth-order valence-electron chi connectivity index (χ4n) is 3.15. The number of hydrogen-bond donors (Lipinski definition) is 2. The molecule has 0 saturated carbocycles. The van der Waals surface area contributed by atoms with Gasteiger partial charge in [0.25, 0.3) is 0 Å². The molecule has 0 amide bonds. The molecular weight excluding hydrogens is 316 g/mol. The van der Waals surface area contributed by atoms with Crippen LogP contribution >= 0.6 is 0 Å². The smallest absolute Gasteiger partial charge is 0.0658 e. The number of methoxy groups -OCH3 is 1. The second-order valence-corrected chi connectivity index (χ2v) is 6.36. The molecule has 0 saturated heterocycles. The summed E-state index contributed by atoms with van der Waals surface area (Å²) in [5.41, 5.74) is 5.61. The number of aliphatic hydroxyl groups is 1. The lowest BCUT2D eigenvalue weighted by molar-refractivity contribution is 0.182. The zero-order valence-electron chi connectivity index (χ0n) is 15.9. The number of aliphatic hydroxyl groups excluding tert-OH is 1. The van der Waals surface area contributed by atoms with Gasteiger partial charge in [-0.2, -0.15) is 5.10 Å². The summed E-state index contributed by atoms with van der Waals surface area (Å²) in [6.45, 7) is 8.52. The van der Waals surface area contributed by atoms with Crippen LogP contribution in [0.15, 0.2) is 24.3 Å². The van der Waals surface area contributed by atoms with Crippen LogP contribution in [0.4, 0.5) is 11.4 Å². The summed E-state index contributed by atoms with van der Waals surface area (Å²) < 4.78 is 7.17. The lowest BCUT2D eigenvalue weighted by Gasteiger charge is -2.20. The Morgan fingerprint density at radius 3 is 2.56 bits per heavy atom. The third-order valence-electron chi connectivity index (χ3n) is 4.50. The first kappa shape index (κ1) is 19.3. The second kappa shape index (κ2) is 8.87. The molecule has 0 aliphatic heterocycles. The number of ether oxygens (including phenoxy) is 1. The summed E-state index contributed by atoms with van der Waals surface area (Å²) in [6, 6.07) is 8.43. The van der Waals surface area contributed by atoms with Crippen LogP contribution in [-0.4, -0.2) is 48.8 Å². The predicted molar refractivity (Wildman–Crippen MR) is 102 cm³/mol. The molecular formula is C19H30N4O2. The molecule has 6 heteroatoms. The van der Waals surface area contributed by atoms with Crippen LogP contribution in [0, 0.1) is 13.8 Å². The quantitative estimate of drug-likeness (QED) is 0.731. The third kappa shape index (κ3) is 4.74. The summed E-state index contributed by atoms with van der Waals surface area (Å²) >= 11 is 0. The fraction of sp³-hybridized carbons (Fsp3) is 0.526. The normalized spacial score (nSPS) is 12.2. The van der Waals surface area contributed by atoms with Gasteiger partial charge in [-0.3, -0.25) is 4.68 Å². The van der Waals surface area contributed by atoms with E-state index in [0.717, 1.165) is 23.6 Å². The Balaban J connectivity index is 2.09. The maximum atomic E-state index is 9.04. The van der Waals surface area contributed by atoms with Crippen molar-refractivity contribution in [1.29, 1.82) is 0 Å². The Morgan fingerprint density at radius 1 is 1.28 bits per heavy atom. The van der Waals surface area contributed by atoms with Crippen LogP contribution in [0.1, 0.15) is 29.9 Å². The molecule has 0 bridgehead atoms. The highest BCUT2D eigenvalue weighted by molar-refractivity contribution is 5.55. The van der Waals surface area contributed by atoms with Gasteiger partial charge < -0.3 is 20.1 Å². The van der Waals surface area contributed by atoms with Gasteiger partial charge in [0.15, 0.2) is 0 Å². The summed E-state index contributed by atoms with van der Waals surface area (Å²) in [5, 5.41) is 17.2. The van der Waals surface area contributed by atoms with Crippen molar-refractivity contribution >= 4 is 11.4 Å². The standard InChI is InChI=1S/C19H30N4O2/c1-14(19-15(2)21-23(16(19)3)11-13-25-5)20-17-6-8-18(9-7-17)22(4)10-12-24/h6-9,14,20,24H,10-13H2,1-5H3. The van der Waals surface area contributed by atoms with E-state index in [9.17, 15) is 0 Å². The number of hydrogen-bond acceptors (Lipinski definition) is 5. The second-order valence-electron chi connectivity index (χ2n) is 6.36. The molecule has 2 N–H and O–H groups in total. The van der Waals surface area contributed by atoms with Crippen LogP contribution in [-0.2, 0) is 11.3 Å².